The van der Waals surface area contributed by atoms with Crippen LogP contribution in [0.25, 0.3) is 20.3 Å². The number of unbranched alkanes of at least 4 members (excludes halogenated alkanes) is 1. The maximum atomic E-state index is 14.3. The first-order valence-corrected chi connectivity index (χ1v) is 17.7. The van der Waals surface area contributed by atoms with Crippen molar-refractivity contribution in [3.8, 4) is 20.3 Å². The summed E-state index contributed by atoms with van der Waals surface area (Å²) in [5.74, 6) is -1.11. The quantitative estimate of drug-likeness (QED) is 0.184. The van der Waals surface area contributed by atoms with Crippen molar-refractivity contribution < 1.29 is 19.5 Å². The molecule has 0 unspecified atom stereocenters. The van der Waals surface area contributed by atoms with Crippen LogP contribution in [0.15, 0.2) is 83.2 Å². The number of carboxylic acid groups (broad SMARTS) is 1. The monoisotopic (exact) mass is 708 g/mol. The molecule has 0 bridgehead atoms. The topological polar surface area (TPSA) is 94.1 Å². The molecule has 0 aliphatic carbocycles. The van der Waals surface area contributed by atoms with E-state index >= 15 is 0 Å². The number of hydrogen-bond acceptors (Lipinski definition) is 4. The fourth-order valence-electron chi connectivity index (χ4n) is 5.61. The van der Waals surface area contributed by atoms with Gasteiger partial charge in [0.05, 0.1) is 6.42 Å². The van der Waals surface area contributed by atoms with Crippen LogP contribution < -0.4 is 4.90 Å². The fourth-order valence-corrected chi connectivity index (χ4v) is 7.50. The van der Waals surface area contributed by atoms with E-state index in [2.05, 4.69) is 60.4 Å². The molecule has 4 aromatic rings. The number of rotatable bonds is 12. The molecule has 2 heterocycles. The fraction of sp³-hybridized carbons (Fsp3) is 0.314. The third-order valence-electron chi connectivity index (χ3n) is 7.92. The van der Waals surface area contributed by atoms with Gasteiger partial charge >= 0.3 is 175 Å². The number of aromatic nitrogens is 1. The maximum absolute atomic E-state index is 14.3. The molecule has 5 rings (SSSR count). The second-order valence-corrected chi connectivity index (χ2v) is 13.6. The number of benzene rings is 3. The normalized spacial score (nSPS) is 12.7. The van der Waals surface area contributed by atoms with Crippen molar-refractivity contribution in [1.29, 1.82) is 0 Å². The zero-order valence-electron chi connectivity index (χ0n) is 25.0. The summed E-state index contributed by atoms with van der Waals surface area (Å²) in [6.07, 6.45) is 5.35. The predicted molar refractivity (Wildman–Crippen MR) is 174 cm³/mol. The van der Waals surface area contributed by atoms with Crippen LogP contribution in [0, 0.1) is 0 Å². The van der Waals surface area contributed by atoms with Crippen LogP contribution in [0.4, 0.5) is 10.5 Å². The zero-order chi connectivity index (χ0) is 30.9. The second-order valence-electron chi connectivity index (χ2n) is 11.0. The van der Waals surface area contributed by atoms with Gasteiger partial charge in [0, 0.05) is 13.1 Å². The summed E-state index contributed by atoms with van der Waals surface area (Å²) in [5, 5.41) is 9.57. The summed E-state index contributed by atoms with van der Waals surface area (Å²) >= 11 is -0.416. The molecule has 0 atom stereocenters. The van der Waals surface area contributed by atoms with Gasteiger partial charge in [0.25, 0.3) is 0 Å². The van der Waals surface area contributed by atoms with Crippen molar-refractivity contribution in [2.24, 2.45) is 0 Å². The SMILES string of the molecule is CCCCN(Cc1ccc(-c2ccccc2-c2cnc[te]2)cc1)C(=O)N(CC(=O)N1CCCC1)c1ccccc1CC(=O)O. The van der Waals surface area contributed by atoms with E-state index in [1.54, 1.807) is 34.1 Å². The molecular weight excluding hydrogens is 668 g/mol. The van der Waals surface area contributed by atoms with E-state index in [9.17, 15) is 19.5 Å². The Labute approximate surface area is 268 Å². The molecule has 1 aliphatic rings. The number of carboxylic acids is 1. The van der Waals surface area contributed by atoms with E-state index in [0.29, 0.717) is 37.4 Å². The number of carbonyl (C=O) groups is 3. The molecule has 44 heavy (non-hydrogen) atoms. The molecule has 1 fully saturated rings. The van der Waals surface area contributed by atoms with Crippen molar-refractivity contribution in [1.82, 2.24) is 14.8 Å². The van der Waals surface area contributed by atoms with Gasteiger partial charge in [0.15, 0.2) is 0 Å². The van der Waals surface area contributed by atoms with Gasteiger partial charge < -0.3 is 10.0 Å². The molecule has 3 aromatic carbocycles. The van der Waals surface area contributed by atoms with Gasteiger partial charge in [-0.25, -0.2) is 0 Å². The van der Waals surface area contributed by atoms with Crippen molar-refractivity contribution >= 4 is 44.0 Å². The Morgan fingerprint density at radius 1 is 0.932 bits per heavy atom. The predicted octanol–water partition coefficient (Wildman–Crippen LogP) is 5.95. The number of urea groups is 1. The molecule has 1 aromatic heterocycles. The van der Waals surface area contributed by atoms with Gasteiger partial charge in [0.1, 0.15) is 0 Å². The molecule has 9 heteroatoms. The molecule has 228 valence electrons. The minimum Gasteiger partial charge on any atom is -0.481 e. The summed E-state index contributed by atoms with van der Waals surface area (Å²) in [6, 6.07) is 23.4. The standard InChI is InChI=1S/C35H38N4O4Te/c1-2-3-18-38(23-26-14-16-27(17-15-26)29-11-5-6-12-30(29)32-22-36-25-44-32)35(43)39(24-33(40)37-19-8-9-20-37)31-13-7-4-10-28(31)21-34(41)42/h4-7,10-17,22,25H,2-3,8-9,18-21,23-24H2,1H3,(H,41,42). The molecule has 1 aliphatic heterocycles. The van der Waals surface area contributed by atoms with E-state index in [-0.39, 0.29) is 24.9 Å². The first kappa shape index (κ1) is 31.5. The first-order chi connectivity index (χ1) is 21.4. The van der Waals surface area contributed by atoms with E-state index in [0.717, 1.165) is 36.8 Å². The molecule has 0 radical (unpaired) electrons. The molecule has 3 amide bonds. The Kier molecular flexibility index (Phi) is 10.9. The van der Waals surface area contributed by atoms with E-state index < -0.39 is 26.4 Å². The van der Waals surface area contributed by atoms with Crippen molar-refractivity contribution in [3.63, 3.8) is 0 Å². The molecule has 0 spiro atoms. The van der Waals surface area contributed by atoms with E-state index in [4.69, 9.17) is 0 Å². The van der Waals surface area contributed by atoms with Gasteiger partial charge in [0.2, 0.25) is 5.91 Å². The zero-order valence-corrected chi connectivity index (χ0v) is 27.4. The number of para-hydroxylation sites is 1. The van der Waals surface area contributed by atoms with Gasteiger partial charge in [-0.3, -0.25) is 9.59 Å². The third-order valence-corrected chi connectivity index (χ3v) is 10.2. The third kappa shape index (κ3) is 7.77. The van der Waals surface area contributed by atoms with E-state index in [1.807, 2.05) is 10.4 Å². The summed E-state index contributed by atoms with van der Waals surface area (Å²) in [7, 11) is 0. The first-order valence-electron chi connectivity index (χ1n) is 15.2. The average molecular weight is 706 g/mol. The van der Waals surface area contributed by atoms with Crippen molar-refractivity contribution in [2.75, 3.05) is 31.1 Å². The van der Waals surface area contributed by atoms with Crippen LogP contribution in [0.2, 0.25) is 0 Å². The number of likely N-dealkylation sites (tertiary alicyclic amines) is 1. The van der Waals surface area contributed by atoms with Crippen LogP contribution in [0.1, 0.15) is 43.7 Å². The average Bonchev–Trinajstić information content (AvgIpc) is 3.78. The van der Waals surface area contributed by atoms with Gasteiger partial charge in [-0.15, -0.1) is 0 Å². The van der Waals surface area contributed by atoms with Crippen molar-refractivity contribution in [2.45, 2.75) is 45.6 Å². The summed E-state index contributed by atoms with van der Waals surface area (Å²) < 4.78 is 3.36. The second kappa shape index (κ2) is 15.2. The van der Waals surface area contributed by atoms with Crippen LogP contribution >= 0.6 is 0 Å². The van der Waals surface area contributed by atoms with Crippen LogP contribution in [0.5, 0.6) is 0 Å². The molecule has 0 saturated carbocycles. The molecule has 1 saturated heterocycles. The number of anilines is 1. The minimum atomic E-state index is -0.987. The minimum absolute atomic E-state index is 0.120. The number of nitrogens with zero attached hydrogens (tertiary/aromatic N) is 4. The van der Waals surface area contributed by atoms with Crippen LogP contribution in [-0.4, -0.2) is 84.4 Å². The summed E-state index contributed by atoms with van der Waals surface area (Å²) in [6.45, 7) is 4.21. The summed E-state index contributed by atoms with van der Waals surface area (Å²) in [4.78, 5) is 48.8. The van der Waals surface area contributed by atoms with Crippen molar-refractivity contribution in [3.05, 3.63) is 94.3 Å². The molecular formula is C35H38N4O4Te. The number of carbonyl (C=O) groups excluding carboxylic acids is 2. The van der Waals surface area contributed by atoms with Crippen LogP contribution in [-0.2, 0) is 22.6 Å². The summed E-state index contributed by atoms with van der Waals surface area (Å²) in [5.41, 5.74) is 5.45. The Hall–Kier alpha value is -3.93. The van der Waals surface area contributed by atoms with E-state index in [1.165, 1.54) is 19.6 Å². The Bertz CT molecular complexity index is 1570. The molecule has 8 nitrogen and oxygen atoms in total. The van der Waals surface area contributed by atoms with Gasteiger partial charge in [-0.1, -0.05) is 25.1 Å². The number of amides is 3. The smallest absolute Gasteiger partial charge is 0.481 e. The number of hydrogen-bond donors (Lipinski definition) is 1. The Morgan fingerprint density at radius 2 is 1.64 bits per heavy atom. The Morgan fingerprint density at radius 3 is 2.32 bits per heavy atom. The van der Waals surface area contributed by atoms with Gasteiger partial charge in [-0.05, 0) is 24.5 Å². The Balaban J connectivity index is 1.43. The van der Waals surface area contributed by atoms with Crippen LogP contribution in [0.3, 0.4) is 0 Å². The number of aliphatic carboxylic acids is 1. The van der Waals surface area contributed by atoms with Gasteiger partial charge in [-0.2, -0.15) is 0 Å². The molecule has 1 N–H and O–H groups in total.